The molecule has 4 saturated heterocycles. The van der Waals surface area contributed by atoms with Crippen molar-refractivity contribution in [2.75, 3.05) is 33.0 Å². The molecule has 14 N–H and O–H groups in total. The Morgan fingerprint density at radius 3 is 1.47 bits per heavy atom. The van der Waals surface area contributed by atoms with Crippen LogP contribution < -0.4 is 0 Å². The van der Waals surface area contributed by atoms with Gasteiger partial charge in [0.2, 0.25) is 5.79 Å². The normalized spacial score (nSPS) is 52.7. The summed E-state index contributed by atoms with van der Waals surface area (Å²) >= 11 is 0. The van der Waals surface area contributed by atoms with Gasteiger partial charge >= 0.3 is 0 Å². The molecule has 4 heterocycles. The van der Waals surface area contributed by atoms with Gasteiger partial charge in [0, 0.05) is 0 Å². The van der Waals surface area contributed by atoms with Gasteiger partial charge in [-0.25, -0.2) is 0 Å². The van der Waals surface area contributed by atoms with Crippen molar-refractivity contribution in [3.05, 3.63) is 0 Å². The zero-order valence-electron chi connectivity index (χ0n) is 23.5. The number of ether oxygens (including phenoxy) is 7. The fourth-order valence-electron chi connectivity index (χ4n) is 5.60. The number of rotatable bonds is 11. The lowest BCUT2D eigenvalue weighted by atomic mass is 9.96. The maximum absolute atomic E-state index is 11.0. The van der Waals surface area contributed by atoms with Gasteiger partial charge in [-0.15, -0.1) is 0 Å². The zero-order chi connectivity index (χ0) is 33.4. The summed E-state index contributed by atoms with van der Waals surface area (Å²) in [6.45, 7) is -4.54. The lowest BCUT2D eigenvalue weighted by Crippen LogP contribution is -2.67. The molecular weight excluding hydrogens is 624 g/mol. The lowest BCUT2D eigenvalue weighted by Gasteiger charge is -2.48. The maximum Gasteiger partial charge on any atom is 0.224 e. The number of hydrogen-bond donors (Lipinski definition) is 14. The van der Waals surface area contributed by atoms with Crippen LogP contribution >= 0.6 is 0 Å². The first-order chi connectivity index (χ1) is 21.3. The van der Waals surface area contributed by atoms with Crippen molar-refractivity contribution >= 4 is 0 Å². The Labute approximate surface area is 254 Å². The average molecular weight is 667 g/mol. The summed E-state index contributed by atoms with van der Waals surface area (Å²) in [5, 5.41) is 143. The summed E-state index contributed by atoms with van der Waals surface area (Å²) in [5.74, 6) is -2.44. The van der Waals surface area contributed by atoms with Crippen molar-refractivity contribution < 1.29 is 105 Å². The van der Waals surface area contributed by atoms with Crippen LogP contribution in [0.5, 0.6) is 0 Å². The molecule has 0 radical (unpaired) electrons. The van der Waals surface area contributed by atoms with E-state index >= 15 is 0 Å². The van der Waals surface area contributed by atoms with Gasteiger partial charge in [-0.2, -0.15) is 0 Å². The minimum absolute atomic E-state index is 0.788. The van der Waals surface area contributed by atoms with Crippen molar-refractivity contribution in [1.29, 1.82) is 0 Å². The van der Waals surface area contributed by atoms with Crippen LogP contribution in [0.4, 0.5) is 0 Å². The Kier molecular flexibility index (Phi) is 12.5. The lowest BCUT2D eigenvalue weighted by molar-refractivity contribution is -0.403. The van der Waals surface area contributed by atoms with Crippen LogP contribution in [0.25, 0.3) is 0 Å². The fraction of sp³-hybridized carbons (Fsp3) is 1.00. The van der Waals surface area contributed by atoms with Crippen LogP contribution in [0.15, 0.2) is 0 Å². The summed E-state index contributed by atoms with van der Waals surface area (Å²) in [5.41, 5.74) is 0. The molecule has 45 heavy (non-hydrogen) atoms. The maximum atomic E-state index is 11.0. The molecule has 0 aromatic heterocycles. The molecule has 0 aromatic carbocycles. The Balaban J connectivity index is 1.49. The van der Waals surface area contributed by atoms with Crippen molar-refractivity contribution in [1.82, 2.24) is 0 Å². The van der Waals surface area contributed by atoms with Crippen LogP contribution in [0.2, 0.25) is 0 Å². The zero-order valence-corrected chi connectivity index (χ0v) is 23.5. The Morgan fingerprint density at radius 2 is 0.933 bits per heavy atom. The van der Waals surface area contributed by atoms with Crippen LogP contribution in [0.3, 0.4) is 0 Å². The van der Waals surface area contributed by atoms with Gasteiger partial charge in [0.05, 0.1) is 26.4 Å². The van der Waals surface area contributed by atoms with Gasteiger partial charge in [0.1, 0.15) is 98.2 Å². The molecule has 4 fully saturated rings. The van der Waals surface area contributed by atoms with Crippen molar-refractivity contribution in [2.45, 2.75) is 116 Å². The topological polar surface area (TPSA) is 348 Å². The van der Waals surface area contributed by atoms with Crippen LogP contribution in [-0.4, -0.2) is 221 Å². The second kappa shape index (κ2) is 15.1. The number of aliphatic hydroxyl groups is 14. The van der Waals surface area contributed by atoms with E-state index in [1.807, 2.05) is 0 Å². The molecule has 0 unspecified atom stereocenters. The third-order valence-corrected chi connectivity index (χ3v) is 8.30. The largest absolute Gasteiger partial charge is 0.394 e. The SMILES string of the molecule is OC[C@H]1O[C@](CO)(O[C@@H]2O[C@H](CO)[C@@H](O[C@@H]3O[C@H](CO)[C@@H](O)[C@@H](O[C@@H]4O[C@H](CO)[C@@H](O)[C@H](O)[C@H]4O)[C@H]3O)[C@H](O)[C@H]2O)[C@@H](O)[C@@H]1O. The van der Waals surface area contributed by atoms with E-state index in [-0.39, 0.29) is 0 Å². The van der Waals surface area contributed by atoms with Gasteiger partial charge in [0.25, 0.3) is 0 Å². The molecule has 4 aliphatic heterocycles. The summed E-state index contributed by atoms with van der Waals surface area (Å²) < 4.78 is 37.9. The van der Waals surface area contributed by atoms with Gasteiger partial charge in [-0.3, -0.25) is 0 Å². The first-order valence-electron chi connectivity index (χ1n) is 14.1. The molecule has 21 nitrogen and oxygen atoms in total. The van der Waals surface area contributed by atoms with E-state index < -0.39 is 149 Å². The van der Waals surface area contributed by atoms with Crippen LogP contribution in [0.1, 0.15) is 0 Å². The molecule has 21 heteroatoms. The van der Waals surface area contributed by atoms with Crippen molar-refractivity contribution in [2.24, 2.45) is 0 Å². The molecule has 0 saturated carbocycles. The third kappa shape index (κ3) is 7.01. The first kappa shape index (κ1) is 37.0. The van der Waals surface area contributed by atoms with Gasteiger partial charge in [-0.1, -0.05) is 0 Å². The van der Waals surface area contributed by atoms with Crippen molar-refractivity contribution in [3.8, 4) is 0 Å². The molecule has 264 valence electrons. The molecular formula is C24H42O21. The van der Waals surface area contributed by atoms with E-state index in [9.17, 15) is 71.5 Å². The highest BCUT2D eigenvalue weighted by atomic mass is 16.8. The molecule has 4 rings (SSSR count). The minimum atomic E-state index is -2.44. The van der Waals surface area contributed by atoms with Crippen molar-refractivity contribution in [3.63, 3.8) is 0 Å². The monoisotopic (exact) mass is 666 g/mol. The van der Waals surface area contributed by atoms with Gasteiger partial charge < -0.3 is 105 Å². The van der Waals surface area contributed by atoms with E-state index in [1.54, 1.807) is 0 Å². The number of hydrogen-bond acceptors (Lipinski definition) is 21. The predicted molar refractivity (Wildman–Crippen MR) is 134 cm³/mol. The molecule has 0 amide bonds. The molecule has 0 aromatic rings. The minimum Gasteiger partial charge on any atom is -0.394 e. The molecule has 0 spiro atoms. The fourth-order valence-corrected chi connectivity index (χ4v) is 5.60. The molecule has 0 bridgehead atoms. The summed E-state index contributed by atoms with van der Waals surface area (Å²) in [7, 11) is 0. The summed E-state index contributed by atoms with van der Waals surface area (Å²) in [4.78, 5) is 0. The third-order valence-electron chi connectivity index (χ3n) is 8.30. The van der Waals surface area contributed by atoms with E-state index in [1.165, 1.54) is 0 Å². The quantitative estimate of drug-likeness (QED) is 0.0973. The molecule has 4 aliphatic rings. The summed E-state index contributed by atoms with van der Waals surface area (Å²) in [6.07, 6.45) is -32.4. The molecule has 0 aliphatic carbocycles. The first-order valence-corrected chi connectivity index (χ1v) is 14.1. The van der Waals surface area contributed by atoms with E-state index in [2.05, 4.69) is 0 Å². The average Bonchev–Trinajstić information content (AvgIpc) is 3.28. The van der Waals surface area contributed by atoms with Gasteiger partial charge in [-0.05, 0) is 0 Å². The highest BCUT2D eigenvalue weighted by molar-refractivity contribution is 5.00. The highest BCUT2D eigenvalue weighted by Crippen LogP contribution is 2.37. The van der Waals surface area contributed by atoms with Gasteiger partial charge in [0.15, 0.2) is 18.9 Å². The van der Waals surface area contributed by atoms with E-state index in [4.69, 9.17) is 33.2 Å². The molecule has 19 atom stereocenters. The Morgan fingerprint density at radius 1 is 0.444 bits per heavy atom. The van der Waals surface area contributed by atoms with Crippen LogP contribution in [-0.2, 0) is 33.2 Å². The Hall–Kier alpha value is -0.840. The summed E-state index contributed by atoms with van der Waals surface area (Å²) in [6, 6.07) is 0. The standard InChI is InChI=1S/C24H42O21/c25-1-6-10(30)13(33)15(35)21(39-6)43-19-11(31)7(2-26)40-22(17(19)37)42-18-9(4-28)41-23(16(36)14(18)34)45-24(5-29)20(38)12(32)8(3-27)44-24/h6-23,25-38H,1-5H2/t6-,7-,8-,9-,10-,11-,12-,13+,14-,15-,16-,17-,18-,19-,20+,21+,22+,23+,24-/m1/s1. The van der Waals surface area contributed by atoms with E-state index in [0.29, 0.717) is 0 Å². The predicted octanol–water partition coefficient (Wildman–Crippen LogP) is -9.75. The second-order valence-electron chi connectivity index (χ2n) is 11.2. The second-order valence-corrected chi connectivity index (χ2v) is 11.2. The smallest absolute Gasteiger partial charge is 0.224 e. The van der Waals surface area contributed by atoms with Crippen LogP contribution in [0, 0.1) is 0 Å². The highest BCUT2D eigenvalue weighted by Gasteiger charge is 2.59. The number of aliphatic hydroxyl groups excluding tert-OH is 14. The Bertz CT molecular complexity index is 929. The van der Waals surface area contributed by atoms with E-state index in [0.717, 1.165) is 0 Å².